The molecule has 0 aliphatic heterocycles. The van der Waals surface area contributed by atoms with E-state index < -0.39 is 0 Å². The summed E-state index contributed by atoms with van der Waals surface area (Å²) in [6.07, 6.45) is 6.18. The van der Waals surface area contributed by atoms with Gasteiger partial charge in [-0.25, -0.2) is 10.8 Å². The molecule has 112 valence electrons. The summed E-state index contributed by atoms with van der Waals surface area (Å²) in [7, 11) is 3.39. The van der Waals surface area contributed by atoms with E-state index in [4.69, 9.17) is 20.3 Å². The van der Waals surface area contributed by atoms with Gasteiger partial charge in [0.15, 0.2) is 0 Å². The van der Waals surface area contributed by atoms with Crippen LogP contribution in [-0.2, 0) is 9.47 Å². The number of methoxy groups -OCH3 is 2. The number of aliphatic imine (C=N–C) groups is 1. The van der Waals surface area contributed by atoms with Gasteiger partial charge in [-0.15, -0.1) is 0 Å². The molecule has 0 aromatic carbocycles. The lowest BCUT2D eigenvalue weighted by atomic mass is 9.96. The van der Waals surface area contributed by atoms with Crippen LogP contribution in [0.5, 0.6) is 0 Å². The van der Waals surface area contributed by atoms with Crippen LogP contribution in [0.4, 0.5) is 0 Å². The van der Waals surface area contributed by atoms with Crippen LogP contribution in [0.3, 0.4) is 0 Å². The highest BCUT2D eigenvalue weighted by atomic mass is 16.5. The Labute approximate surface area is 116 Å². The fraction of sp³-hybridized carbons (Fsp3) is 0.923. The average molecular weight is 272 g/mol. The van der Waals surface area contributed by atoms with Crippen LogP contribution in [0.1, 0.15) is 32.1 Å². The average Bonchev–Trinajstić information content (AvgIpc) is 2.46. The number of guanidine groups is 1. The van der Waals surface area contributed by atoms with Crippen LogP contribution in [0.2, 0.25) is 0 Å². The molecule has 1 fully saturated rings. The summed E-state index contributed by atoms with van der Waals surface area (Å²) >= 11 is 0. The first-order valence-electron chi connectivity index (χ1n) is 7.09. The van der Waals surface area contributed by atoms with Gasteiger partial charge in [-0.05, 0) is 12.8 Å². The summed E-state index contributed by atoms with van der Waals surface area (Å²) in [5.74, 6) is 6.38. The van der Waals surface area contributed by atoms with Gasteiger partial charge >= 0.3 is 0 Å². The largest absolute Gasteiger partial charge is 0.383 e. The van der Waals surface area contributed by atoms with Gasteiger partial charge in [0.1, 0.15) is 0 Å². The highest BCUT2D eigenvalue weighted by molar-refractivity contribution is 5.79. The quantitative estimate of drug-likeness (QED) is 0.309. The van der Waals surface area contributed by atoms with E-state index >= 15 is 0 Å². The zero-order valence-electron chi connectivity index (χ0n) is 12.2. The Bertz CT molecular complexity index is 247. The van der Waals surface area contributed by atoms with Crippen molar-refractivity contribution >= 4 is 5.96 Å². The van der Waals surface area contributed by atoms with Crippen LogP contribution in [-0.4, -0.2) is 57.4 Å². The van der Waals surface area contributed by atoms with Gasteiger partial charge in [-0.1, -0.05) is 19.3 Å². The number of nitrogens with two attached hydrogens (primary N) is 1. The van der Waals surface area contributed by atoms with Gasteiger partial charge in [0, 0.05) is 27.3 Å². The lowest BCUT2D eigenvalue weighted by Gasteiger charge is -2.27. The van der Waals surface area contributed by atoms with Gasteiger partial charge in [0.25, 0.3) is 0 Å². The summed E-state index contributed by atoms with van der Waals surface area (Å²) in [6.45, 7) is 2.81. The van der Waals surface area contributed by atoms with E-state index in [2.05, 4.69) is 10.3 Å². The molecule has 1 aliphatic carbocycles. The van der Waals surface area contributed by atoms with E-state index in [-0.39, 0.29) is 0 Å². The van der Waals surface area contributed by atoms with E-state index in [1.165, 1.54) is 19.3 Å². The molecule has 6 heteroatoms. The smallest absolute Gasteiger partial charge is 0.208 e. The predicted molar refractivity (Wildman–Crippen MR) is 77.0 cm³/mol. The third-order valence-corrected chi connectivity index (χ3v) is 3.44. The fourth-order valence-corrected chi connectivity index (χ4v) is 2.32. The molecule has 0 aromatic rings. The number of nitrogens with one attached hydrogen (secondary N) is 1. The summed E-state index contributed by atoms with van der Waals surface area (Å²) in [5, 5.41) is 0. The minimum absolute atomic E-state index is 0.396. The van der Waals surface area contributed by atoms with Crippen molar-refractivity contribution in [2.45, 2.75) is 38.1 Å². The SMILES string of the molecule is COCCN(CCOC)C(=NC1CCCCC1)NN. The monoisotopic (exact) mass is 272 g/mol. The van der Waals surface area contributed by atoms with E-state index in [9.17, 15) is 0 Å². The predicted octanol–water partition coefficient (Wildman–Crippen LogP) is 0.733. The van der Waals surface area contributed by atoms with Crippen molar-refractivity contribution in [3.8, 4) is 0 Å². The van der Waals surface area contributed by atoms with E-state index in [1.807, 2.05) is 0 Å². The molecule has 1 aliphatic rings. The van der Waals surface area contributed by atoms with Crippen LogP contribution in [0.25, 0.3) is 0 Å². The molecule has 0 amide bonds. The van der Waals surface area contributed by atoms with Crippen molar-refractivity contribution in [2.24, 2.45) is 10.8 Å². The third-order valence-electron chi connectivity index (χ3n) is 3.44. The van der Waals surface area contributed by atoms with Crippen LogP contribution < -0.4 is 11.3 Å². The van der Waals surface area contributed by atoms with Gasteiger partial charge < -0.3 is 14.4 Å². The second-order valence-electron chi connectivity index (χ2n) is 4.86. The third kappa shape index (κ3) is 6.22. The second-order valence-corrected chi connectivity index (χ2v) is 4.86. The normalized spacial score (nSPS) is 17.5. The Balaban J connectivity index is 2.60. The van der Waals surface area contributed by atoms with E-state index in [0.717, 1.165) is 31.9 Å². The van der Waals surface area contributed by atoms with Gasteiger partial charge in [0.2, 0.25) is 5.96 Å². The van der Waals surface area contributed by atoms with Gasteiger partial charge in [0.05, 0.1) is 19.3 Å². The topological polar surface area (TPSA) is 72.1 Å². The number of hydrogen-bond donors (Lipinski definition) is 2. The molecular weight excluding hydrogens is 244 g/mol. The number of rotatable bonds is 7. The molecule has 0 aromatic heterocycles. The molecule has 3 N–H and O–H groups in total. The number of hydrazine groups is 1. The Morgan fingerprint density at radius 1 is 1.16 bits per heavy atom. The molecule has 1 rings (SSSR count). The van der Waals surface area contributed by atoms with Gasteiger partial charge in [-0.2, -0.15) is 0 Å². The molecule has 6 nitrogen and oxygen atoms in total. The maximum atomic E-state index is 5.63. The van der Waals surface area contributed by atoms with Crippen molar-refractivity contribution in [2.75, 3.05) is 40.5 Å². The Hall–Kier alpha value is -0.850. The fourth-order valence-electron chi connectivity index (χ4n) is 2.32. The maximum absolute atomic E-state index is 5.63. The Morgan fingerprint density at radius 3 is 2.21 bits per heavy atom. The zero-order valence-corrected chi connectivity index (χ0v) is 12.2. The Morgan fingerprint density at radius 2 is 1.74 bits per heavy atom. The number of hydrogen-bond acceptors (Lipinski definition) is 4. The van der Waals surface area contributed by atoms with Crippen molar-refractivity contribution in [3.05, 3.63) is 0 Å². The second kappa shape index (κ2) is 10.00. The molecule has 0 unspecified atom stereocenters. The Kier molecular flexibility index (Phi) is 8.53. The van der Waals surface area contributed by atoms with Crippen LogP contribution >= 0.6 is 0 Å². The molecule has 0 bridgehead atoms. The summed E-state index contributed by atoms with van der Waals surface area (Å²) in [5.41, 5.74) is 2.73. The first-order chi connectivity index (χ1) is 9.31. The van der Waals surface area contributed by atoms with Crippen molar-refractivity contribution < 1.29 is 9.47 Å². The number of nitrogens with zero attached hydrogens (tertiary/aromatic N) is 2. The molecular formula is C13H28N4O2. The molecule has 1 saturated carbocycles. The minimum atomic E-state index is 0.396. The lowest BCUT2D eigenvalue weighted by molar-refractivity contribution is 0.144. The molecule has 0 heterocycles. The summed E-state index contributed by atoms with van der Waals surface area (Å²) in [4.78, 5) is 6.84. The zero-order chi connectivity index (χ0) is 13.9. The van der Waals surface area contributed by atoms with Crippen molar-refractivity contribution in [1.82, 2.24) is 10.3 Å². The first-order valence-corrected chi connectivity index (χ1v) is 7.09. The van der Waals surface area contributed by atoms with Crippen LogP contribution in [0, 0.1) is 0 Å². The maximum Gasteiger partial charge on any atom is 0.208 e. The standard InChI is InChI=1S/C13H28N4O2/c1-18-10-8-17(9-11-19-2)13(16-14)15-12-6-4-3-5-7-12/h12H,3-11,14H2,1-2H3,(H,15,16). The highest BCUT2D eigenvalue weighted by Crippen LogP contribution is 2.20. The van der Waals surface area contributed by atoms with Crippen molar-refractivity contribution in [1.29, 1.82) is 0 Å². The van der Waals surface area contributed by atoms with Crippen molar-refractivity contribution in [3.63, 3.8) is 0 Å². The highest BCUT2D eigenvalue weighted by Gasteiger charge is 2.16. The minimum Gasteiger partial charge on any atom is -0.383 e. The molecule has 0 atom stereocenters. The van der Waals surface area contributed by atoms with Crippen LogP contribution in [0.15, 0.2) is 4.99 Å². The molecule has 0 spiro atoms. The lowest BCUT2D eigenvalue weighted by Crippen LogP contribution is -2.48. The summed E-state index contributed by atoms with van der Waals surface area (Å²) in [6, 6.07) is 0.396. The first kappa shape index (κ1) is 16.2. The van der Waals surface area contributed by atoms with E-state index in [0.29, 0.717) is 19.3 Å². The molecule has 0 saturated heterocycles. The van der Waals surface area contributed by atoms with Gasteiger partial charge in [-0.3, -0.25) is 5.43 Å². The number of ether oxygens (including phenoxy) is 2. The van der Waals surface area contributed by atoms with E-state index in [1.54, 1.807) is 14.2 Å². The molecule has 19 heavy (non-hydrogen) atoms. The summed E-state index contributed by atoms with van der Waals surface area (Å²) < 4.78 is 10.3. The molecule has 0 radical (unpaired) electrons.